The van der Waals surface area contributed by atoms with Crippen LogP contribution >= 0.6 is 0 Å². The number of ether oxygens (including phenoxy) is 1. The van der Waals surface area contributed by atoms with E-state index in [9.17, 15) is 9.59 Å². The van der Waals surface area contributed by atoms with Gasteiger partial charge in [-0.2, -0.15) is 0 Å². The highest BCUT2D eigenvalue weighted by Gasteiger charge is 2.39. The first-order valence-electron chi connectivity index (χ1n) is 6.61. The Hall–Kier alpha value is -2.83. The Morgan fingerprint density at radius 2 is 2.05 bits per heavy atom. The standard InChI is InChI=1S/C15H14N2O5/c1-15(2)14(20)17(3)10-6-8(4-5-11(10)21-15)12-7-9(13(18)19)16-22-12/h4-7H,1-3H3,(H,18,19). The molecule has 0 bridgehead atoms. The van der Waals surface area contributed by atoms with Gasteiger partial charge in [0.05, 0.1) is 5.69 Å². The average molecular weight is 302 g/mol. The van der Waals surface area contributed by atoms with Crippen molar-refractivity contribution in [2.75, 3.05) is 11.9 Å². The third-order valence-electron chi connectivity index (χ3n) is 3.52. The first-order valence-corrected chi connectivity index (χ1v) is 6.61. The van der Waals surface area contributed by atoms with E-state index in [0.717, 1.165) is 0 Å². The van der Waals surface area contributed by atoms with Crippen molar-refractivity contribution in [3.8, 4) is 17.1 Å². The number of likely N-dealkylation sites (N-methyl/N-ethyl adjacent to an activating group) is 1. The zero-order chi connectivity index (χ0) is 16.1. The summed E-state index contributed by atoms with van der Waals surface area (Å²) in [6, 6.07) is 6.48. The van der Waals surface area contributed by atoms with E-state index in [1.54, 1.807) is 39.1 Å². The molecule has 114 valence electrons. The number of aromatic carboxylic acids is 1. The number of anilines is 1. The maximum absolute atomic E-state index is 12.2. The second kappa shape index (κ2) is 4.59. The molecule has 1 N–H and O–H groups in total. The van der Waals surface area contributed by atoms with Crippen LogP contribution in [0.2, 0.25) is 0 Å². The summed E-state index contributed by atoms with van der Waals surface area (Å²) in [7, 11) is 1.66. The van der Waals surface area contributed by atoms with Crippen molar-refractivity contribution in [2.45, 2.75) is 19.4 Å². The van der Waals surface area contributed by atoms with Crippen molar-refractivity contribution in [3.05, 3.63) is 30.0 Å². The number of rotatable bonds is 2. The number of carboxylic acids is 1. The number of fused-ring (bicyclic) bond motifs is 1. The van der Waals surface area contributed by atoms with Gasteiger partial charge in [-0.05, 0) is 32.0 Å². The van der Waals surface area contributed by atoms with E-state index < -0.39 is 11.6 Å². The molecule has 1 aromatic carbocycles. The minimum absolute atomic E-state index is 0.166. The van der Waals surface area contributed by atoms with E-state index in [-0.39, 0.29) is 11.6 Å². The average Bonchev–Trinajstić information content (AvgIpc) is 2.94. The van der Waals surface area contributed by atoms with Gasteiger partial charge in [-0.1, -0.05) is 5.16 Å². The molecule has 2 heterocycles. The van der Waals surface area contributed by atoms with Gasteiger partial charge in [0.1, 0.15) is 5.75 Å². The number of carbonyl (C=O) groups is 2. The maximum atomic E-state index is 12.2. The third kappa shape index (κ3) is 2.11. The van der Waals surface area contributed by atoms with Crippen LogP contribution in [0, 0.1) is 0 Å². The third-order valence-corrected chi connectivity index (χ3v) is 3.52. The molecule has 1 amide bonds. The first-order chi connectivity index (χ1) is 10.3. The van der Waals surface area contributed by atoms with Gasteiger partial charge >= 0.3 is 5.97 Å². The Morgan fingerprint density at radius 1 is 1.32 bits per heavy atom. The molecule has 0 spiro atoms. The van der Waals surface area contributed by atoms with E-state index in [4.69, 9.17) is 14.4 Å². The summed E-state index contributed by atoms with van der Waals surface area (Å²) < 4.78 is 10.7. The van der Waals surface area contributed by atoms with E-state index in [1.165, 1.54) is 11.0 Å². The fourth-order valence-corrected chi connectivity index (χ4v) is 2.36. The Labute approximate surface area is 126 Å². The first kappa shape index (κ1) is 14.1. The summed E-state index contributed by atoms with van der Waals surface area (Å²) in [6.07, 6.45) is 0. The van der Waals surface area contributed by atoms with E-state index in [1.807, 2.05) is 0 Å². The Morgan fingerprint density at radius 3 is 2.68 bits per heavy atom. The van der Waals surface area contributed by atoms with Crippen LogP contribution in [0.15, 0.2) is 28.8 Å². The number of hydrogen-bond donors (Lipinski definition) is 1. The number of aromatic nitrogens is 1. The SMILES string of the molecule is CN1C(=O)C(C)(C)Oc2ccc(-c3cc(C(=O)O)no3)cc21. The lowest BCUT2D eigenvalue weighted by molar-refractivity contribution is -0.132. The lowest BCUT2D eigenvalue weighted by Gasteiger charge is -2.36. The fraction of sp³-hybridized carbons (Fsp3) is 0.267. The quantitative estimate of drug-likeness (QED) is 0.914. The van der Waals surface area contributed by atoms with Crippen LogP contribution in [0.1, 0.15) is 24.3 Å². The van der Waals surface area contributed by atoms with Crippen molar-refractivity contribution in [2.24, 2.45) is 0 Å². The zero-order valence-electron chi connectivity index (χ0n) is 12.3. The molecule has 3 rings (SSSR count). The van der Waals surface area contributed by atoms with E-state index in [2.05, 4.69) is 5.16 Å². The molecule has 0 radical (unpaired) electrons. The van der Waals surface area contributed by atoms with Gasteiger partial charge in [0.2, 0.25) is 0 Å². The van der Waals surface area contributed by atoms with Crippen LogP contribution in [-0.4, -0.2) is 34.8 Å². The maximum Gasteiger partial charge on any atom is 0.358 e. The van der Waals surface area contributed by atoms with Gasteiger partial charge in [-0.3, -0.25) is 4.79 Å². The highest BCUT2D eigenvalue weighted by molar-refractivity contribution is 6.02. The molecule has 7 nitrogen and oxygen atoms in total. The number of amides is 1. The van der Waals surface area contributed by atoms with Crippen LogP contribution in [0.4, 0.5) is 5.69 Å². The van der Waals surface area contributed by atoms with Crippen LogP contribution in [-0.2, 0) is 4.79 Å². The molecule has 22 heavy (non-hydrogen) atoms. The zero-order valence-corrected chi connectivity index (χ0v) is 12.3. The summed E-state index contributed by atoms with van der Waals surface area (Å²) in [4.78, 5) is 24.6. The van der Waals surface area contributed by atoms with Crippen LogP contribution < -0.4 is 9.64 Å². The molecule has 1 aliphatic heterocycles. The summed E-state index contributed by atoms with van der Waals surface area (Å²) in [5.74, 6) is -0.439. The van der Waals surface area contributed by atoms with Crippen LogP contribution in [0.3, 0.4) is 0 Å². The molecule has 0 fully saturated rings. The largest absolute Gasteiger partial charge is 0.476 e. The monoisotopic (exact) mass is 302 g/mol. The second-order valence-corrected chi connectivity index (χ2v) is 5.54. The van der Waals surface area contributed by atoms with Gasteiger partial charge in [-0.15, -0.1) is 0 Å². The number of benzene rings is 1. The summed E-state index contributed by atoms with van der Waals surface area (Å²) in [5.41, 5.74) is 0.109. The predicted molar refractivity (Wildman–Crippen MR) is 77.0 cm³/mol. The highest BCUT2D eigenvalue weighted by atomic mass is 16.5. The van der Waals surface area contributed by atoms with Crippen molar-refractivity contribution < 1.29 is 24.0 Å². The molecule has 0 saturated carbocycles. The molecular formula is C15H14N2O5. The number of nitrogens with zero attached hydrogens (tertiary/aromatic N) is 2. The van der Waals surface area contributed by atoms with Gasteiger partial charge < -0.3 is 19.3 Å². The summed E-state index contributed by atoms with van der Waals surface area (Å²) in [6.45, 7) is 3.41. The number of hydrogen-bond acceptors (Lipinski definition) is 5. The Balaban J connectivity index is 2.04. The van der Waals surface area contributed by atoms with Gasteiger partial charge in [0.25, 0.3) is 5.91 Å². The molecular weight excluding hydrogens is 288 g/mol. The molecule has 0 unspecified atom stereocenters. The molecule has 1 aromatic heterocycles. The van der Waals surface area contributed by atoms with Crippen molar-refractivity contribution in [3.63, 3.8) is 0 Å². The Kier molecular flexibility index (Phi) is 2.94. The van der Waals surface area contributed by atoms with Crippen LogP contribution in [0.5, 0.6) is 5.75 Å². The van der Waals surface area contributed by atoms with Gasteiger partial charge in [0, 0.05) is 18.7 Å². The Bertz CT molecular complexity index is 778. The molecule has 2 aromatic rings. The van der Waals surface area contributed by atoms with Gasteiger partial charge in [0.15, 0.2) is 17.1 Å². The normalized spacial score (nSPS) is 16.1. The topological polar surface area (TPSA) is 92.9 Å². The fourth-order valence-electron chi connectivity index (χ4n) is 2.36. The van der Waals surface area contributed by atoms with Gasteiger partial charge in [-0.25, -0.2) is 4.79 Å². The molecule has 0 saturated heterocycles. The molecule has 0 aliphatic carbocycles. The van der Waals surface area contributed by atoms with E-state index >= 15 is 0 Å². The van der Waals surface area contributed by atoms with Crippen molar-refractivity contribution in [1.29, 1.82) is 0 Å². The molecule has 0 atom stereocenters. The number of carboxylic acid groups (broad SMARTS) is 1. The lowest BCUT2D eigenvalue weighted by atomic mass is 10.0. The minimum Gasteiger partial charge on any atom is -0.476 e. The van der Waals surface area contributed by atoms with E-state index in [0.29, 0.717) is 22.8 Å². The van der Waals surface area contributed by atoms with Crippen molar-refractivity contribution in [1.82, 2.24) is 5.16 Å². The highest BCUT2D eigenvalue weighted by Crippen LogP contribution is 2.39. The second-order valence-electron chi connectivity index (χ2n) is 5.54. The van der Waals surface area contributed by atoms with Crippen molar-refractivity contribution >= 4 is 17.6 Å². The predicted octanol–water partition coefficient (Wildman–Crippen LogP) is 2.17. The summed E-state index contributed by atoms with van der Waals surface area (Å²) >= 11 is 0. The number of carbonyl (C=O) groups excluding carboxylic acids is 1. The molecule has 7 heteroatoms. The molecule has 1 aliphatic rings. The smallest absolute Gasteiger partial charge is 0.358 e. The lowest BCUT2D eigenvalue weighted by Crippen LogP contribution is -2.50. The summed E-state index contributed by atoms with van der Waals surface area (Å²) in [5, 5.41) is 12.4. The minimum atomic E-state index is -1.16. The van der Waals surface area contributed by atoms with Crippen LogP contribution in [0.25, 0.3) is 11.3 Å².